The summed E-state index contributed by atoms with van der Waals surface area (Å²) in [6.45, 7) is 5.88. The highest BCUT2D eigenvalue weighted by Gasteiger charge is 2.19. The molecule has 0 unspecified atom stereocenters. The Morgan fingerprint density at radius 3 is 2.55 bits per heavy atom. The minimum Gasteiger partial charge on any atom is -0.387 e. The molecular weight excluding hydrogens is 302 g/mol. The molecule has 2 aromatic rings. The number of halogens is 1. The van der Waals surface area contributed by atoms with E-state index in [2.05, 4.69) is 10.4 Å². The van der Waals surface area contributed by atoms with Crippen molar-refractivity contribution in [2.24, 2.45) is 0 Å². The summed E-state index contributed by atoms with van der Waals surface area (Å²) in [6.07, 6.45) is 0.814. The normalized spacial score (nSPS) is 13.0. The third-order valence-electron chi connectivity index (χ3n) is 3.22. The summed E-state index contributed by atoms with van der Waals surface area (Å²) in [7, 11) is 0. The Hall–Kier alpha value is -1.85. The van der Waals surface area contributed by atoms with Crippen molar-refractivity contribution in [2.45, 2.75) is 32.4 Å². The molecular formula is C16H20ClN3O2. The van der Waals surface area contributed by atoms with Crippen molar-refractivity contribution in [3.8, 4) is 0 Å². The van der Waals surface area contributed by atoms with E-state index in [0.29, 0.717) is 5.69 Å². The quantitative estimate of drug-likeness (QED) is 0.908. The van der Waals surface area contributed by atoms with Gasteiger partial charge in [-0.2, -0.15) is 5.10 Å². The smallest absolute Gasteiger partial charge is 0.288 e. The average molecular weight is 322 g/mol. The van der Waals surface area contributed by atoms with Gasteiger partial charge in [0.1, 0.15) is 5.02 Å². The molecule has 0 radical (unpaired) electrons. The second-order valence-corrected chi connectivity index (χ2v) is 6.45. The molecule has 0 bridgehead atoms. The number of aliphatic hydroxyl groups is 1. The fraction of sp³-hybridized carbons (Fsp3) is 0.375. The van der Waals surface area contributed by atoms with Gasteiger partial charge in [0.05, 0.1) is 23.5 Å². The number of aromatic nitrogens is 2. The lowest BCUT2D eigenvalue weighted by Crippen LogP contribution is -2.36. The molecule has 1 heterocycles. The van der Waals surface area contributed by atoms with Gasteiger partial charge >= 0.3 is 0 Å². The van der Waals surface area contributed by atoms with E-state index in [-0.39, 0.29) is 17.1 Å². The first-order chi connectivity index (χ1) is 10.3. The summed E-state index contributed by atoms with van der Waals surface area (Å²) >= 11 is 6.12. The molecule has 1 atom stereocenters. The predicted octanol–water partition coefficient (Wildman–Crippen LogP) is 2.80. The highest BCUT2D eigenvalue weighted by molar-refractivity contribution is 6.32. The molecule has 0 aliphatic carbocycles. The van der Waals surface area contributed by atoms with E-state index in [1.165, 1.54) is 10.9 Å². The summed E-state index contributed by atoms with van der Waals surface area (Å²) in [4.78, 5) is 12.2. The van der Waals surface area contributed by atoms with E-state index in [1.54, 1.807) is 0 Å². The molecule has 0 saturated carbocycles. The van der Waals surface area contributed by atoms with Gasteiger partial charge in [-0.3, -0.25) is 4.79 Å². The van der Waals surface area contributed by atoms with Gasteiger partial charge in [-0.05, 0) is 26.3 Å². The monoisotopic (exact) mass is 321 g/mol. The summed E-state index contributed by atoms with van der Waals surface area (Å²) in [5.41, 5.74) is 0.417. The zero-order valence-corrected chi connectivity index (χ0v) is 13.6. The second-order valence-electron chi connectivity index (χ2n) is 6.07. The van der Waals surface area contributed by atoms with E-state index >= 15 is 0 Å². The lowest BCUT2D eigenvalue weighted by Gasteiger charge is -2.21. The van der Waals surface area contributed by atoms with Gasteiger partial charge in [0.2, 0.25) is 0 Å². The van der Waals surface area contributed by atoms with Crippen LogP contribution in [-0.4, -0.2) is 21.4 Å². The number of anilines is 1. The topological polar surface area (TPSA) is 67.2 Å². The molecule has 118 valence electrons. The highest BCUT2D eigenvalue weighted by Crippen LogP contribution is 2.20. The molecule has 0 aliphatic heterocycles. The number of nitrogens with one attached hydrogen (secondary N) is 1. The molecule has 2 N–H and O–H groups in total. The van der Waals surface area contributed by atoms with E-state index < -0.39 is 11.6 Å². The van der Waals surface area contributed by atoms with Gasteiger partial charge in [-0.1, -0.05) is 41.9 Å². The zero-order chi connectivity index (χ0) is 16.3. The van der Waals surface area contributed by atoms with Crippen LogP contribution in [0.1, 0.15) is 32.4 Å². The summed E-state index contributed by atoms with van der Waals surface area (Å²) in [5, 5.41) is 17.3. The number of benzene rings is 1. The first-order valence-electron chi connectivity index (χ1n) is 7.06. The predicted molar refractivity (Wildman–Crippen MR) is 88.4 cm³/mol. The number of hydrogen-bond acceptors (Lipinski definition) is 4. The fourth-order valence-electron chi connectivity index (χ4n) is 2.03. The fourth-order valence-corrected chi connectivity index (χ4v) is 2.23. The van der Waals surface area contributed by atoms with Crippen molar-refractivity contribution in [1.82, 2.24) is 9.78 Å². The standard InChI is InChI=1S/C16H20ClN3O2/c1-16(2,3)20-15(22)14(17)12(9-19-20)18-10-13(21)11-7-5-4-6-8-11/h4-9,13,18,21H,10H2,1-3H3/t13-/m1/s1. The molecule has 2 rings (SSSR count). The average Bonchev–Trinajstić information content (AvgIpc) is 2.48. The molecule has 0 saturated heterocycles. The van der Waals surface area contributed by atoms with Crippen LogP contribution in [0.3, 0.4) is 0 Å². The molecule has 1 aromatic carbocycles. The summed E-state index contributed by atoms with van der Waals surface area (Å²) in [6, 6.07) is 9.28. The van der Waals surface area contributed by atoms with Crippen LogP contribution in [0.2, 0.25) is 5.02 Å². The maximum Gasteiger partial charge on any atom is 0.288 e. The van der Waals surface area contributed by atoms with Crippen LogP contribution in [0.5, 0.6) is 0 Å². The molecule has 22 heavy (non-hydrogen) atoms. The van der Waals surface area contributed by atoms with Crippen molar-refractivity contribution in [3.05, 3.63) is 57.5 Å². The Morgan fingerprint density at radius 1 is 1.32 bits per heavy atom. The molecule has 6 heteroatoms. The first kappa shape index (κ1) is 16.5. The van der Waals surface area contributed by atoms with Gasteiger partial charge in [-0.15, -0.1) is 0 Å². The lowest BCUT2D eigenvalue weighted by molar-refractivity contribution is 0.191. The van der Waals surface area contributed by atoms with Crippen LogP contribution in [-0.2, 0) is 5.54 Å². The van der Waals surface area contributed by atoms with Crippen LogP contribution >= 0.6 is 11.6 Å². The number of nitrogens with zero attached hydrogens (tertiary/aromatic N) is 2. The minimum atomic E-state index is -0.692. The van der Waals surface area contributed by atoms with Crippen LogP contribution in [0, 0.1) is 0 Å². The van der Waals surface area contributed by atoms with E-state index in [1.807, 2.05) is 51.1 Å². The maximum atomic E-state index is 12.2. The second kappa shape index (κ2) is 6.50. The van der Waals surface area contributed by atoms with E-state index in [9.17, 15) is 9.90 Å². The van der Waals surface area contributed by atoms with Crippen molar-refractivity contribution < 1.29 is 5.11 Å². The van der Waals surface area contributed by atoms with Crippen LogP contribution in [0.15, 0.2) is 41.3 Å². The third kappa shape index (κ3) is 3.67. The summed E-state index contributed by atoms with van der Waals surface area (Å²) in [5.74, 6) is 0. The van der Waals surface area contributed by atoms with Crippen LogP contribution in [0.25, 0.3) is 0 Å². The van der Waals surface area contributed by atoms with E-state index in [4.69, 9.17) is 11.6 Å². The first-order valence-corrected chi connectivity index (χ1v) is 7.43. The Labute approximate surface area is 134 Å². The number of hydrogen-bond donors (Lipinski definition) is 2. The third-order valence-corrected chi connectivity index (χ3v) is 3.59. The Bertz CT molecular complexity index is 693. The van der Waals surface area contributed by atoms with Gasteiger partial charge in [0, 0.05) is 6.54 Å². The molecule has 0 amide bonds. The van der Waals surface area contributed by atoms with Gasteiger partial charge in [-0.25, -0.2) is 4.68 Å². The molecule has 0 fully saturated rings. The molecule has 0 aliphatic rings. The van der Waals surface area contributed by atoms with E-state index in [0.717, 1.165) is 5.56 Å². The zero-order valence-electron chi connectivity index (χ0n) is 12.9. The number of aliphatic hydroxyl groups excluding tert-OH is 1. The Morgan fingerprint density at radius 2 is 1.95 bits per heavy atom. The maximum absolute atomic E-state index is 12.2. The van der Waals surface area contributed by atoms with Gasteiger partial charge in [0.25, 0.3) is 5.56 Å². The number of rotatable bonds is 4. The van der Waals surface area contributed by atoms with Crippen LogP contribution < -0.4 is 10.9 Å². The van der Waals surface area contributed by atoms with Crippen LogP contribution in [0.4, 0.5) is 5.69 Å². The Balaban J connectivity index is 2.15. The highest BCUT2D eigenvalue weighted by atomic mass is 35.5. The lowest BCUT2D eigenvalue weighted by atomic mass is 10.1. The van der Waals surface area contributed by atoms with Gasteiger partial charge < -0.3 is 10.4 Å². The molecule has 5 nitrogen and oxygen atoms in total. The van der Waals surface area contributed by atoms with Crippen molar-refractivity contribution >= 4 is 17.3 Å². The van der Waals surface area contributed by atoms with Crippen molar-refractivity contribution in [3.63, 3.8) is 0 Å². The largest absolute Gasteiger partial charge is 0.387 e. The molecule has 0 spiro atoms. The minimum absolute atomic E-state index is 0.0742. The SMILES string of the molecule is CC(C)(C)n1ncc(NC[C@@H](O)c2ccccc2)c(Cl)c1=O. The Kier molecular flexibility index (Phi) is 4.88. The van der Waals surface area contributed by atoms with Crippen molar-refractivity contribution in [2.75, 3.05) is 11.9 Å². The molecule has 1 aromatic heterocycles. The summed E-state index contributed by atoms with van der Waals surface area (Å²) < 4.78 is 1.34. The van der Waals surface area contributed by atoms with Gasteiger partial charge in [0.15, 0.2) is 0 Å². The van der Waals surface area contributed by atoms with Crippen molar-refractivity contribution in [1.29, 1.82) is 0 Å².